The van der Waals surface area contributed by atoms with E-state index in [1.807, 2.05) is 24.3 Å². The van der Waals surface area contributed by atoms with Gasteiger partial charge in [-0.1, -0.05) is 72.8 Å². The van der Waals surface area contributed by atoms with Crippen molar-refractivity contribution < 1.29 is 9.49 Å². The van der Waals surface area contributed by atoms with Gasteiger partial charge >= 0.3 is 0 Å². The zero-order valence-electron chi connectivity index (χ0n) is 19.8. The molecule has 0 atom stereocenters. The van der Waals surface area contributed by atoms with Gasteiger partial charge in [0.2, 0.25) is 11.2 Å². The van der Waals surface area contributed by atoms with Crippen molar-refractivity contribution in [3.63, 3.8) is 0 Å². The second-order valence-corrected chi connectivity index (χ2v) is 8.91. The molecular formula is C32H23N2O2+. The predicted molar refractivity (Wildman–Crippen MR) is 145 cm³/mol. The Morgan fingerprint density at radius 3 is 1.94 bits per heavy atom. The van der Waals surface area contributed by atoms with E-state index in [9.17, 15) is 10.1 Å². The Morgan fingerprint density at radius 2 is 1.31 bits per heavy atom. The zero-order chi connectivity index (χ0) is 24.6. The smallest absolute Gasteiger partial charge is 0.258 e. The number of aryl methyl sites for hydroxylation is 1. The van der Waals surface area contributed by atoms with Gasteiger partial charge in [0.05, 0.1) is 16.1 Å². The summed E-state index contributed by atoms with van der Waals surface area (Å²) in [7, 11) is 2.11. The van der Waals surface area contributed by atoms with Crippen molar-refractivity contribution in [1.82, 2.24) is 0 Å². The molecule has 1 aromatic heterocycles. The van der Waals surface area contributed by atoms with E-state index in [2.05, 4.69) is 96.6 Å². The summed E-state index contributed by atoms with van der Waals surface area (Å²) in [5.74, 6) is 0. The van der Waals surface area contributed by atoms with Gasteiger partial charge in [0.25, 0.3) is 5.69 Å². The van der Waals surface area contributed by atoms with Gasteiger partial charge in [0.15, 0.2) is 0 Å². The molecular weight excluding hydrogens is 444 g/mol. The highest BCUT2D eigenvalue weighted by atomic mass is 16.6. The van der Waals surface area contributed by atoms with Crippen molar-refractivity contribution in [2.24, 2.45) is 7.05 Å². The summed E-state index contributed by atoms with van der Waals surface area (Å²) >= 11 is 0. The van der Waals surface area contributed by atoms with Gasteiger partial charge in [-0.15, -0.1) is 0 Å². The van der Waals surface area contributed by atoms with Crippen LogP contribution in [0.25, 0.3) is 33.7 Å². The zero-order valence-corrected chi connectivity index (χ0v) is 19.8. The van der Waals surface area contributed by atoms with E-state index in [1.54, 1.807) is 12.1 Å². The number of rotatable bonds is 4. The maximum absolute atomic E-state index is 11.2. The molecule has 6 rings (SSSR count). The molecule has 0 unspecified atom stereocenters. The van der Waals surface area contributed by atoms with Crippen molar-refractivity contribution in [2.75, 3.05) is 0 Å². The number of fused-ring (bicyclic) bond motifs is 2. The minimum Gasteiger partial charge on any atom is -0.258 e. The minimum absolute atomic E-state index is 0.0873. The van der Waals surface area contributed by atoms with Crippen molar-refractivity contribution in [2.45, 2.75) is 0 Å². The predicted octanol–water partition coefficient (Wildman–Crippen LogP) is 7.09. The molecule has 0 N–H and O–H groups in total. The molecule has 1 aliphatic rings. The van der Waals surface area contributed by atoms with Crippen LogP contribution >= 0.6 is 0 Å². The average molecular weight is 468 g/mol. The van der Waals surface area contributed by atoms with Crippen LogP contribution in [0.15, 0.2) is 115 Å². The number of nitro groups is 1. The third-order valence-electron chi connectivity index (χ3n) is 6.77. The maximum Gasteiger partial charge on any atom is 0.269 e. The van der Waals surface area contributed by atoms with Crippen LogP contribution in [-0.4, -0.2) is 4.92 Å². The van der Waals surface area contributed by atoms with Gasteiger partial charge < -0.3 is 0 Å². The molecule has 4 heteroatoms. The van der Waals surface area contributed by atoms with Gasteiger partial charge in [0, 0.05) is 34.7 Å². The highest BCUT2D eigenvalue weighted by Gasteiger charge is 2.36. The molecule has 0 saturated carbocycles. The lowest BCUT2D eigenvalue weighted by Crippen LogP contribution is -2.34. The second-order valence-electron chi connectivity index (χ2n) is 8.91. The third kappa shape index (κ3) is 3.60. The average Bonchev–Trinajstić information content (AvgIpc) is 3.24. The fourth-order valence-electron chi connectivity index (χ4n) is 5.15. The molecule has 1 heterocycles. The lowest BCUT2D eigenvalue weighted by molar-refractivity contribution is -0.647. The number of nitrogens with zero attached hydrogens (tertiary/aromatic N) is 2. The number of pyridine rings is 1. The molecule has 172 valence electrons. The molecule has 36 heavy (non-hydrogen) atoms. The van der Waals surface area contributed by atoms with Gasteiger partial charge in [-0.2, -0.15) is 4.57 Å². The number of allylic oxidation sites excluding steroid dienone is 2. The van der Waals surface area contributed by atoms with E-state index < -0.39 is 0 Å². The first-order valence-corrected chi connectivity index (χ1v) is 11.9. The molecule has 1 aliphatic carbocycles. The van der Waals surface area contributed by atoms with Crippen LogP contribution in [0.5, 0.6) is 0 Å². The Labute approximate surface area is 209 Å². The van der Waals surface area contributed by atoms with Gasteiger partial charge in [-0.25, -0.2) is 0 Å². The number of hydrogen-bond acceptors (Lipinski definition) is 2. The lowest BCUT2D eigenvalue weighted by atomic mass is 9.92. The second kappa shape index (κ2) is 8.75. The summed E-state index contributed by atoms with van der Waals surface area (Å²) in [5, 5.41) is 12.4. The highest BCUT2D eigenvalue weighted by Crippen LogP contribution is 2.49. The molecule has 0 fully saturated rings. The van der Waals surface area contributed by atoms with E-state index in [-0.39, 0.29) is 10.6 Å². The summed E-state index contributed by atoms with van der Waals surface area (Å²) in [6.45, 7) is 0. The summed E-state index contributed by atoms with van der Waals surface area (Å²) in [6.07, 6.45) is 2.15. The number of para-hydroxylation sites is 1. The standard InChI is InChI=1S/C32H23N2O2/c1-33-29-15-9-8-14-25(29)21-28-31(24-12-6-3-7-13-24)30(23-10-4-2-5-11-23)27(32(28)33)20-22-16-18-26(19-17-22)34(35)36/h2-21H,1H3/q+1/b27-20+. The number of nitro benzene ring substituents is 1. The largest absolute Gasteiger partial charge is 0.269 e. The molecule has 4 aromatic carbocycles. The fourth-order valence-corrected chi connectivity index (χ4v) is 5.15. The van der Waals surface area contributed by atoms with E-state index >= 15 is 0 Å². The van der Waals surface area contributed by atoms with Crippen LogP contribution < -0.4 is 4.57 Å². The first kappa shape index (κ1) is 21.7. The molecule has 0 saturated heterocycles. The number of non-ortho nitro benzene ring substituents is 1. The van der Waals surface area contributed by atoms with Gasteiger partial charge in [-0.05, 0) is 47.0 Å². The highest BCUT2D eigenvalue weighted by molar-refractivity contribution is 6.26. The van der Waals surface area contributed by atoms with Gasteiger partial charge in [-0.3, -0.25) is 10.1 Å². The normalized spacial score (nSPS) is 13.9. The van der Waals surface area contributed by atoms with Crippen molar-refractivity contribution in [1.29, 1.82) is 0 Å². The molecule has 4 nitrogen and oxygen atoms in total. The van der Waals surface area contributed by atoms with Gasteiger partial charge in [0.1, 0.15) is 7.05 Å². The third-order valence-corrected chi connectivity index (χ3v) is 6.77. The fraction of sp³-hybridized carbons (Fsp3) is 0.0312. The maximum atomic E-state index is 11.2. The van der Waals surface area contributed by atoms with Crippen molar-refractivity contribution >= 4 is 39.4 Å². The van der Waals surface area contributed by atoms with Crippen molar-refractivity contribution in [3.05, 3.63) is 153 Å². The molecule has 0 aliphatic heterocycles. The number of aromatic nitrogens is 1. The summed E-state index contributed by atoms with van der Waals surface area (Å²) in [5.41, 5.74) is 10.2. The molecule has 0 radical (unpaired) electrons. The number of benzene rings is 4. The Kier molecular flexibility index (Phi) is 5.27. The first-order valence-electron chi connectivity index (χ1n) is 11.9. The quantitative estimate of drug-likeness (QED) is 0.161. The Morgan fingerprint density at radius 1 is 0.722 bits per heavy atom. The monoisotopic (exact) mass is 467 g/mol. The summed E-state index contributed by atoms with van der Waals surface area (Å²) in [4.78, 5) is 10.8. The van der Waals surface area contributed by atoms with E-state index in [1.165, 1.54) is 16.5 Å². The lowest BCUT2D eigenvalue weighted by Gasteiger charge is -2.10. The minimum atomic E-state index is -0.364. The first-order chi connectivity index (χ1) is 17.6. The summed E-state index contributed by atoms with van der Waals surface area (Å²) in [6, 6.07) is 38.4. The van der Waals surface area contributed by atoms with E-state index in [0.29, 0.717) is 0 Å². The molecule has 5 aromatic rings. The van der Waals surface area contributed by atoms with Crippen molar-refractivity contribution in [3.8, 4) is 0 Å². The molecule has 0 bridgehead atoms. The number of hydrogen-bond donors (Lipinski definition) is 0. The Balaban J connectivity index is 1.71. The SMILES string of the molecule is C[n+]1c2c(cc3ccccc31)C(c1ccccc1)=C(c1ccccc1)/C2=C\c1ccc([N+](=O)[O-])cc1. The van der Waals surface area contributed by atoms with E-state index in [4.69, 9.17) is 0 Å². The van der Waals surface area contributed by atoms with Crippen LogP contribution in [0.4, 0.5) is 5.69 Å². The summed E-state index contributed by atoms with van der Waals surface area (Å²) < 4.78 is 2.26. The molecule has 0 amide bonds. The van der Waals surface area contributed by atoms with Crippen LogP contribution in [0.1, 0.15) is 27.9 Å². The van der Waals surface area contributed by atoms with Crippen LogP contribution in [0.3, 0.4) is 0 Å². The van der Waals surface area contributed by atoms with Crippen LogP contribution in [-0.2, 0) is 7.05 Å². The van der Waals surface area contributed by atoms with Crippen LogP contribution in [0.2, 0.25) is 0 Å². The molecule has 0 spiro atoms. The Bertz CT molecular complexity index is 1680. The van der Waals surface area contributed by atoms with E-state index in [0.717, 1.165) is 39.0 Å². The Hall–Kier alpha value is -4.83. The van der Waals surface area contributed by atoms with Crippen LogP contribution in [0, 0.1) is 10.1 Å². The topological polar surface area (TPSA) is 47.0 Å².